The lowest BCUT2D eigenvalue weighted by Gasteiger charge is -2.36. The third kappa shape index (κ3) is 4.01. The van der Waals surface area contributed by atoms with Crippen LogP contribution in [-0.4, -0.2) is 28.0 Å². The molecule has 1 aliphatic heterocycles. The largest absolute Gasteiger partial charge is 0.309 e. The van der Waals surface area contributed by atoms with Gasteiger partial charge in [-0.2, -0.15) is 23.5 Å². The zero-order valence-corrected chi connectivity index (χ0v) is 15.2. The van der Waals surface area contributed by atoms with Gasteiger partial charge in [0.25, 0.3) is 0 Å². The van der Waals surface area contributed by atoms with Crippen LogP contribution in [0, 0.1) is 0 Å². The Bertz CT molecular complexity index is 455. The first-order valence-corrected chi connectivity index (χ1v) is 9.73. The van der Waals surface area contributed by atoms with Gasteiger partial charge in [-0.15, -0.1) is 0 Å². The van der Waals surface area contributed by atoms with Crippen molar-refractivity contribution in [2.45, 2.75) is 42.6 Å². The van der Waals surface area contributed by atoms with E-state index in [-0.39, 0.29) is 0 Å². The summed E-state index contributed by atoms with van der Waals surface area (Å²) in [6.07, 6.45) is 0. The van der Waals surface area contributed by atoms with Gasteiger partial charge < -0.3 is 5.32 Å². The molecule has 4 atom stereocenters. The molecular formula is C15H21Cl2NS2. The Morgan fingerprint density at radius 2 is 2.00 bits per heavy atom. The number of halogens is 2. The van der Waals surface area contributed by atoms with E-state index < -0.39 is 0 Å². The Morgan fingerprint density at radius 1 is 1.25 bits per heavy atom. The van der Waals surface area contributed by atoms with Crippen molar-refractivity contribution >= 4 is 46.7 Å². The minimum Gasteiger partial charge on any atom is -0.309 e. The first kappa shape index (κ1) is 16.8. The van der Waals surface area contributed by atoms with E-state index in [1.165, 1.54) is 11.3 Å². The smallest absolute Gasteiger partial charge is 0.0595 e. The highest BCUT2D eigenvalue weighted by Crippen LogP contribution is 2.41. The predicted molar refractivity (Wildman–Crippen MR) is 95.6 cm³/mol. The Morgan fingerprint density at radius 3 is 2.60 bits per heavy atom. The molecule has 20 heavy (non-hydrogen) atoms. The predicted octanol–water partition coefficient (Wildman–Crippen LogP) is 5.27. The fraction of sp³-hybridized carbons (Fsp3) is 0.600. The lowest BCUT2D eigenvalue weighted by Crippen LogP contribution is -2.37. The molecule has 1 N–H and O–H groups in total. The van der Waals surface area contributed by atoms with E-state index in [4.69, 9.17) is 23.2 Å². The summed E-state index contributed by atoms with van der Waals surface area (Å²) in [6.45, 7) is 7.75. The molecule has 0 amide bonds. The van der Waals surface area contributed by atoms with Crippen LogP contribution in [0.2, 0.25) is 10.0 Å². The molecule has 0 aliphatic carbocycles. The molecule has 1 aromatic carbocycles. The molecule has 0 aromatic heterocycles. The van der Waals surface area contributed by atoms with E-state index in [1.807, 2.05) is 12.1 Å². The molecule has 5 heteroatoms. The molecule has 1 aliphatic rings. The van der Waals surface area contributed by atoms with Gasteiger partial charge in [0.15, 0.2) is 0 Å². The Labute approximate surface area is 140 Å². The standard InChI is InChI=1S/C15H21Cl2NS2/c1-4-18-15(11-5-6-12(16)13(17)7-11)14-8-19-9(2)10(3)20-14/h5-7,9-10,14-15,18H,4,8H2,1-3H3. The summed E-state index contributed by atoms with van der Waals surface area (Å²) in [4.78, 5) is 0. The fourth-order valence-corrected chi connectivity index (χ4v) is 5.80. The van der Waals surface area contributed by atoms with Crippen LogP contribution >= 0.6 is 46.7 Å². The molecule has 1 nitrogen and oxygen atoms in total. The van der Waals surface area contributed by atoms with Gasteiger partial charge in [0, 0.05) is 27.5 Å². The minimum absolute atomic E-state index is 0.335. The van der Waals surface area contributed by atoms with Crippen molar-refractivity contribution in [1.29, 1.82) is 0 Å². The van der Waals surface area contributed by atoms with Gasteiger partial charge in [0.2, 0.25) is 0 Å². The van der Waals surface area contributed by atoms with E-state index in [0.29, 0.717) is 26.6 Å². The van der Waals surface area contributed by atoms with Crippen LogP contribution in [0.4, 0.5) is 0 Å². The van der Waals surface area contributed by atoms with Gasteiger partial charge in [0.05, 0.1) is 10.0 Å². The zero-order chi connectivity index (χ0) is 14.7. The van der Waals surface area contributed by atoms with Gasteiger partial charge in [-0.05, 0) is 24.2 Å². The second kappa shape index (κ2) is 7.64. The Hall–Kier alpha value is 0.460. The first-order chi connectivity index (χ1) is 9.52. The minimum atomic E-state index is 0.335. The maximum absolute atomic E-state index is 6.18. The van der Waals surface area contributed by atoms with Gasteiger partial charge >= 0.3 is 0 Å². The van der Waals surface area contributed by atoms with Crippen molar-refractivity contribution in [3.63, 3.8) is 0 Å². The van der Waals surface area contributed by atoms with Gasteiger partial charge in [-0.3, -0.25) is 0 Å². The van der Waals surface area contributed by atoms with Crippen LogP contribution in [0.5, 0.6) is 0 Å². The molecule has 2 rings (SSSR count). The maximum Gasteiger partial charge on any atom is 0.0595 e. The molecule has 1 heterocycles. The van der Waals surface area contributed by atoms with Crippen molar-refractivity contribution in [2.75, 3.05) is 12.3 Å². The Balaban J connectivity index is 2.19. The lowest BCUT2D eigenvalue weighted by molar-refractivity contribution is 0.548. The quantitative estimate of drug-likeness (QED) is 0.794. The van der Waals surface area contributed by atoms with Crippen molar-refractivity contribution in [1.82, 2.24) is 5.32 Å². The van der Waals surface area contributed by atoms with Crippen molar-refractivity contribution in [2.24, 2.45) is 0 Å². The van der Waals surface area contributed by atoms with E-state index in [0.717, 1.165) is 11.8 Å². The van der Waals surface area contributed by atoms with Crippen molar-refractivity contribution < 1.29 is 0 Å². The zero-order valence-electron chi connectivity index (χ0n) is 12.0. The van der Waals surface area contributed by atoms with Gasteiger partial charge in [-0.1, -0.05) is 50.0 Å². The average molecular weight is 350 g/mol. The fourth-order valence-electron chi connectivity index (χ4n) is 2.37. The van der Waals surface area contributed by atoms with Crippen molar-refractivity contribution in [3.05, 3.63) is 33.8 Å². The summed E-state index contributed by atoms with van der Waals surface area (Å²) in [5.41, 5.74) is 1.24. The number of benzene rings is 1. The molecule has 0 bridgehead atoms. The maximum atomic E-state index is 6.18. The SMILES string of the molecule is CCNC(c1ccc(Cl)c(Cl)c1)C1CSC(C)C(C)S1. The second-order valence-electron chi connectivity index (χ2n) is 5.13. The number of thioether (sulfide) groups is 2. The molecule has 4 unspecified atom stereocenters. The van der Waals surface area contributed by atoms with Gasteiger partial charge in [-0.25, -0.2) is 0 Å². The molecule has 112 valence electrons. The number of rotatable bonds is 4. The molecule has 0 radical (unpaired) electrons. The van der Waals surface area contributed by atoms with Crippen LogP contribution < -0.4 is 5.32 Å². The van der Waals surface area contributed by atoms with Crippen LogP contribution in [0.3, 0.4) is 0 Å². The summed E-state index contributed by atoms with van der Waals surface area (Å²) >= 11 is 16.4. The highest BCUT2D eigenvalue weighted by atomic mass is 35.5. The van der Waals surface area contributed by atoms with Crippen LogP contribution in [0.1, 0.15) is 32.4 Å². The third-order valence-corrected chi connectivity index (χ3v) is 7.91. The number of nitrogens with one attached hydrogen (secondary N) is 1. The van der Waals surface area contributed by atoms with Crippen LogP contribution in [0.15, 0.2) is 18.2 Å². The number of hydrogen-bond acceptors (Lipinski definition) is 3. The Kier molecular flexibility index (Phi) is 6.43. The average Bonchev–Trinajstić information content (AvgIpc) is 2.43. The molecule has 1 fully saturated rings. The monoisotopic (exact) mass is 349 g/mol. The molecule has 1 saturated heterocycles. The van der Waals surface area contributed by atoms with Crippen LogP contribution in [0.25, 0.3) is 0 Å². The topological polar surface area (TPSA) is 12.0 Å². The summed E-state index contributed by atoms with van der Waals surface area (Å²) in [7, 11) is 0. The third-order valence-electron chi connectivity index (χ3n) is 3.67. The van der Waals surface area contributed by atoms with E-state index in [2.05, 4.69) is 55.7 Å². The highest BCUT2D eigenvalue weighted by molar-refractivity contribution is 8.07. The molecule has 1 aromatic rings. The van der Waals surface area contributed by atoms with Crippen LogP contribution in [-0.2, 0) is 0 Å². The second-order valence-corrected chi connectivity index (χ2v) is 8.97. The van der Waals surface area contributed by atoms with E-state index in [1.54, 1.807) is 0 Å². The number of hydrogen-bond donors (Lipinski definition) is 1. The van der Waals surface area contributed by atoms with E-state index in [9.17, 15) is 0 Å². The molecular weight excluding hydrogens is 329 g/mol. The van der Waals surface area contributed by atoms with E-state index >= 15 is 0 Å². The normalized spacial score (nSPS) is 28.4. The summed E-state index contributed by atoms with van der Waals surface area (Å²) < 4.78 is 0. The molecule has 0 saturated carbocycles. The summed E-state index contributed by atoms with van der Waals surface area (Å²) in [5.74, 6) is 1.17. The van der Waals surface area contributed by atoms with Crippen molar-refractivity contribution in [3.8, 4) is 0 Å². The highest BCUT2D eigenvalue weighted by Gasteiger charge is 2.31. The lowest BCUT2D eigenvalue weighted by atomic mass is 10.0. The molecule has 0 spiro atoms. The van der Waals surface area contributed by atoms with Gasteiger partial charge in [0.1, 0.15) is 0 Å². The first-order valence-electron chi connectivity index (χ1n) is 6.98. The summed E-state index contributed by atoms with van der Waals surface area (Å²) in [6, 6.07) is 6.33. The summed E-state index contributed by atoms with van der Waals surface area (Å²) in [5, 5.41) is 6.86.